The Bertz CT molecular complexity index is 1630. The molecular weight excluding hydrogens is 596 g/mol. The van der Waals surface area contributed by atoms with Crippen molar-refractivity contribution in [2.75, 3.05) is 27.3 Å². The number of nitrogens with zero attached hydrogens (tertiary/aromatic N) is 3. The zero-order valence-electron chi connectivity index (χ0n) is 27.4. The summed E-state index contributed by atoms with van der Waals surface area (Å²) in [6.07, 6.45) is 6.64. The van der Waals surface area contributed by atoms with Gasteiger partial charge in [0.05, 0.1) is 36.5 Å². The first-order valence-electron chi connectivity index (χ1n) is 16.3. The third-order valence-corrected chi connectivity index (χ3v) is 9.17. The van der Waals surface area contributed by atoms with E-state index in [0.717, 1.165) is 24.8 Å². The fourth-order valence-corrected chi connectivity index (χ4v) is 6.43. The first kappa shape index (κ1) is 33.6. The van der Waals surface area contributed by atoms with Crippen molar-refractivity contribution >= 4 is 28.7 Å². The van der Waals surface area contributed by atoms with Gasteiger partial charge in [-0.25, -0.2) is 9.78 Å². The molecule has 10 nitrogen and oxygen atoms in total. The summed E-state index contributed by atoms with van der Waals surface area (Å²) in [7, 11) is 3.37. The molecule has 1 heterocycles. The van der Waals surface area contributed by atoms with E-state index in [1.54, 1.807) is 32.1 Å². The Labute approximate surface area is 276 Å². The minimum Gasteiger partial charge on any atom is -0.497 e. The summed E-state index contributed by atoms with van der Waals surface area (Å²) in [6.45, 7) is 10.1. The van der Waals surface area contributed by atoms with Crippen LogP contribution in [0.2, 0.25) is 0 Å². The third kappa shape index (κ3) is 7.32. The molecule has 0 saturated heterocycles. The van der Waals surface area contributed by atoms with Gasteiger partial charge in [0, 0.05) is 31.1 Å². The molecule has 2 aromatic carbocycles. The second-order valence-corrected chi connectivity index (χ2v) is 12.3. The summed E-state index contributed by atoms with van der Waals surface area (Å²) < 4.78 is 17.4. The number of unbranched alkanes of at least 4 members (excludes halogenated alkanes) is 2. The molecule has 2 fully saturated rings. The van der Waals surface area contributed by atoms with Crippen molar-refractivity contribution in [3.05, 3.63) is 73.8 Å². The number of carbonyl (C=O) groups excluding carboxylic acids is 3. The number of amides is 2. The highest BCUT2D eigenvalue weighted by atomic mass is 16.5. The normalized spacial score (nSPS) is 23.0. The number of fused-ring (bicyclic) bond motifs is 1. The Hall–Kier alpha value is -4.73. The molecule has 1 N–H and O–H groups in total. The van der Waals surface area contributed by atoms with Crippen LogP contribution in [0.3, 0.4) is 0 Å². The number of nitrogens with one attached hydrogen (secondary N) is 1. The van der Waals surface area contributed by atoms with Crippen LogP contribution in [0.25, 0.3) is 22.3 Å². The summed E-state index contributed by atoms with van der Waals surface area (Å²) in [5, 5.41) is 3.66. The largest absolute Gasteiger partial charge is 0.497 e. The summed E-state index contributed by atoms with van der Waals surface area (Å²) in [5.41, 5.74) is 0.306. The maximum absolute atomic E-state index is 14.0. The topological polar surface area (TPSA) is 120 Å². The Balaban J connectivity index is 1.44. The van der Waals surface area contributed by atoms with Gasteiger partial charge < -0.3 is 24.4 Å². The van der Waals surface area contributed by atoms with E-state index in [4.69, 9.17) is 24.2 Å². The van der Waals surface area contributed by atoms with Gasteiger partial charge in [-0.05, 0) is 57.6 Å². The fraction of sp³-hybridized carbons (Fsp3) is 0.432. The molecule has 2 saturated carbocycles. The zero-order chi connectivity index (χ0) is 33.6. The minimum atomic E-state index is -1.16. The smallest absolute Gasteiger partial charge is 0.332 e. The Morgan fingerprint density at radius 2 is 1.83 bits per heavy atom. The van der Waals surface area contributed by atoms with Gasteiger partial charge >= 0.3 is 5.97 Å². The number of allylic oxidation sites excluding steroid dienone is 1. The number of hydrogen-bond donors (Lipinski definition) is 1. The van der Waals surface area contributed by atoms with Crippen LogP contribution < -0.4 is 14.8 Å². The molecule has 2 aliphatic rings. The molecule has 1 aromatic heterocycles. The van der Waals surface area contributed by atoms with Gasteiger partial charge in [-0.2, -0.15) is 4.98 Å². The van der Waals surface area contributed by atoms with E-state index < -0.39 is 29.4 Å². The van der Waals surface area contributed by atoms with Gasteiger partial charge in [0.25, 0.3) is 0 Å². The van der Waals surface area contributed by atoms with Crippen LogP contribution in [0.5, 0.6) is 11.6 Å². The Morgan fingerprint density at radius 3 is 2.51 bits per heavy atom. The monoisotopic (exact) mass is 640 g/mol. The van der Waals surface area contributed by atoms with E-state index in [9.17, 15) is 14.4 Å². The van der Waals surface area contributed by atoms with E-state index in [0.29, 0.717) is 47.7 Å². The van der Waals surface area contributed by atoms with Crippen LogP contribution in [0, 0.1) is 17.8 Å². The van der Waals surface area contributed by atoms with Gasteiger partial charge in [0.2, 0.25) is 17.7 Å². The van der Waals surface area contributed by atoms with Crippen molar-refractivity contribution in [2.24, 2.45) is 17.8 Å². The lowest BCUT2D eigenvalue weighted by Crippen LogP contribution is -2.50. The number of ether oxygens (including phenoxy) is 3. The van der Waals surface area contributed by atoms with Gasteiger partial charge in [-0.1, -0.05) is 42.5 Å². The first-order valence-corrected chi connectivity index (χ1v) is 16.3. The molecule has 2 amide bonds. The molecule has 2 aliphatic carbocycles. The highest BCUT2D eigenvalue weighted by Crippen LogP contribution is 2.47. The second kappa shape index (κ2) is 14.8. The molecule has 0 radical (unpaired) electrons. The predicted octanol–water partition coefficient (Wildman–Crippen LogP) is 5.52. The van der Waals surface area contributed by atoms with Crippen LogP contribution in [0.4, 0.5) is 0 Å². The van der Waals surface area contributed by atoms with E-state index in [1.165, 1.54) is 0 Å². The Kier molecular flexibility index (Phi) is 10.6. The van der Waals surface area contributed by atoms with Crippen molar-refractivity contribution in [2.45, 2.75) is 57.1 Å². The number of carbonyl (C=O) groups is 3. The van der Waals surface area contributed by atoms with E-state index in [-0.39, 0.29) is 30.8 Å². The summed E-state index contributed by atoms with van der Waals surface area (Å²) in [6, 6.07) is 15.1. The lowest BCUT2D eigenvalue weighted by atomic mass is 9.93. The molecular formula is C37H44N4O6. The molecule has 47 heavy (non-hydrogen) atoms. The zero-order valence-corrected chi connectivity index (χ0v) is 27.4. The number of hydrogen-bond acceptors (Lipinski definition) is 8. The van der Waals surface area contributed by atoms with Crippen molar-refractivity contribution < 1.29 is 28.6 Å². The van der Waals surface area contributed by atoms with Crippen molar-refractivity contribution in [3.63, 3.8) is 0 Å². The van der Waals surface area contributed by atoms with E-state index >= 15 is 0 Å². The van der Waals surface area contributed by atoms with Crippen LogP contribution >= 0.6 is 0 Å². The number of aromatic nitrogens is 2. The van der Waals surface area contributed by atoms with Crippen LogP contribution in [0.15, 0.2) is 73.8 Å². The minimum absolute atomic E-state index is 0.127. The highest BCUT2D eigenvalue weighted by molar-refractivity contribution is 5.95. The second-order valence-electron chi connectivity index (χ2n) is 12.3. The van der Waals surface area contributed by atoms with Gasteiger partial charge in [-0.15, -0.1) is 13.2 Å². The predicted molar refractivity (Wildman–Crippen MR) is 180 cm³/mol. The number of benzene rings is 2. The Morgan fingerprint density at radius 1 is 1.06 bits per heavy atom. The molecule has 248 valence electrons. The summed E-state index contributed by atoms with van der Waals surface area (Å²) in [5.74, 6) is -1.08. The van der Waals surface area contributed by atoms with Gasteiger partial charge in [-0.3, -0.25) is 9.59 Å². The quantitative estimate of drug-likeness (QED) is 0.131. The molecule has 5 atom stereocenters. The summed E-state index contributed by atoms with van der Waals surface area (Å²) in [4.78, 5) is 52.1. The highest BCUT2D eigenvalue weighted by Gasteiger charge is 2.62. The third-order valence-electron chi connectivity index (χ3n) is 9.17. The van der Waals surface area contributed by atoms with Gasteiger partial charge in [0.15, 0.2) is 5.82 Å². The molecule has 10 heteroatoms. The van der Waals surface area contributed by atoms with Crippen LogP contribution in [0.1, 0.15) is 45.4 Å². The van der Waals surface area contributed by atoms with Crippen LogP contribution in [-0.4, -0.2) is 71.6 Å². The number of methoxy groups -OCH3 is 1. The maximum Gasteiger partial charge on any atom is 0.332 e. The van der Waals surface area contributed by atoms with Crippen molar-refractivity contribution in [3.8, 4) is 23.0 Å². The number of esters is 1. The van der Waals surface area contributed by atoms with Crippen molar-refractivity contribution in [1.29, 1.82) is 0 Å². The fourth-order valence-electron chi connectivity index (χ4n) is 6.43. The lowest BCUT2D eigenvalue weighted by Gasteiger charge is -2.26. The van der Waals surface area contributed by atoms with E-state index in [1.807, 2.05) is 54.6 Å². The lowest BCUT2D eigenvalue weighted by molar-refractivity contribution is -0.150. The van der Waals surface area contributed by atoms with E-state index in [2.05, 4.69) is 18.5 Å². The summed E-state index contributed by atoms with van der Waals surface area (Å²) >= 11 is 0. The molecule has 0 aliphatic heterocycles. The van der Waals surface area contributed by atoms with Gasteiger partial charge in [0.1, 0.15) is 17.4 Å². The average molecular weight is 641 g/mol. The SMILES string of the molecule is C=CCCCCN(C)C(=O)[C@@H]1C[C@H](Oc2nc(-c3ccccc3)nc3cc(OC)ccc23)C[C@H]1C(=O)N[C@]1(C(=O)OCC)C[C@@H]1C=C. The maximum atomic E-state index is 14.0. The first-order chi connectivity index (χ1) is 22.7. The number of rotatable bonds is 15. The average Bonchev–Trinajstić information content (AvgIpc) is 3.65. The molecule has 0 unspecified atom stereocenters. The van der Waals surface area contributed by atoms with Crippen LogP contribution in [-0.2, 0) is 19.1 Å². The molecule has 3 aromatic rings. The molecule has 5 rings (SSSR count). The molecule has 0 bridgehead atoms. The standard InChI is InChI=1S/C37H44N4O6/c1-6-9-10-14-19-41(4)35(43)30-21-27(20-29(30)33(42)40-37(23-25(37)7-2)36(44)46-8-3)47-34-28-18-17-26(45-5)22-31(28)38-32(39-34)24-15-12-11-13-16-24/h6-7,11-13,15-18,22,25,27,29-30H,1-2,8-10,14,19-21,23H2,3-5H3,(H,40,42)/t25-,27+,29+,30+,37+/m0/s1. The van der Waals surface area contributed by atoms with Crippen molar-refractivity contribution in [1.82, 2.24) is 20.2 Å². The molecule has 0 spiro atoms.